The molecule has 4 heteroatoms. The van der Waals surface area contributed by atoms with Crippen molar-refractivity contribution in [3.8, 4) is 5.75 Å². The second-order valence-corrected chi connectivity index (χ2v) is 7.09. The van der Waals surface area contributed by atoms with Crippen molar-refractivity contribution >= 4 is 5.97 Å². The molecule has 1 atom stereocenters. The Morgan fingerprint density at radius 2 is 1.73 bits per heavy atom. The number of rotatable bonds is 5. The molecule has 26 heavy (non-hydrogen) atoms. The second kappa shape index (κ2) is 7.50. The van der Waals surface area contributed by atoms with Crippen molar-refractivity contribution in [1.82, 2.24) is 4.90 Å². The van der Waals surface area contributed by atoms with Crippen molar-refractivity contribution in [2.24, 2.45) is 0 Å². The maximum Gasteiger partial charge on any atom is 0.324 e. The smallest absolute Gasteiger partial charge is 0.324 e. The van der Waals surface area contributed by atoms with Crippen LogP contribution in [0.15, 0.2) is 54.6 Å². The molecule has 0 amide bonds. The summed E-state index contributed by atoms with van der Waals surface area (Å²) in [5.74, 6) is 0.551. The van der Waals surface area contributed by atoms with Gasteiger partial charge in [-0.3, -0.25) is 9.69 Å². The monoisotopic (exact) mass is 351 g/mol. The molecule has 2 heterocycles. The van der Waals surface area contributed by atoms with Crippen LogP contribution in [0.4, 0.5) is 0 Å². The fraction of sp³-hybridized carbons (Fsp3) is 0.409. The highest BCUT2D eigenvalue weighted by atomic mass is 16.5. The molecule has 2 aromatic rings. The summed E-state index contributed by atoms with van der Waals surface area (Å²) in [5, 5.41) is 0. The first-order chi connectivity index (χ1) is 12.8. The lowest BCUT2D eigenvalue weighted by Crippen LogP contribution is -2.42. The topological polar surface area (TPSA) is 38.8 Å². The Kier molecular flexibility index (Phi) is 4.93. The van der Waals surface area contributed by atoms with Crippen molar-refractivity contribution in [3.05, 3.63) is 65.7 Å². The van der Waals surface area contributed by atoms with Crippen LogP contribution in [0.2, 0.25) is 0 Å². The first kappa shape index (κ1) is 17.1. The van der Waals surface area contributed by atoms with Crippen LogP contribution in [0.5, 0.6) is 5.75 Å². The van der Waals surface area contributed by atoms with Gasteiger partial charge in [-0.1, -0.05) is 55.0 Å². The SMILES string of the molecule is O=C(OCCN1CCCCC1)C1(c2ccccc2)COc2ccccc21. The van der Waals surface area contributed by atoms with Gasteiger partial charge < -0.3 is 9.47 Å². The largest absolute Gasteiger partial charge is 0.491 e. The summed E-state index contributed by atoms with van der Waals surface area (Å²) in [4.78, 5) is 15.6. The molecular weight excluding hydrogens is 326 g/mol. The third kappa shape index (κ3) is 3.10. The Morgan fingerprint density at radius 3 is 2.54 bits per heavy atom. The van der Waals surface area contributed by atoms with E-state index in [1.807, 2.05) is 54.6 Å². The van der Waals surface area contributed by atoms with Gasteiger partial charge in [0.1, 0.15) is 19.0 Å². The predicted octanol–water partition coefficient (Wildman–Crippen LogP) is 3.39. The molecule has 136 valence electrons. The first-order valence-electron chi connectivity index (χ1n) is 9.48. The quantitative estimate of drug-likeness (QED) is 0.774. The van der Waals surface area contributed by atoms with E-state index < -0.39 is 5.41 Å². The number of hydrogen-bond donors (Lipinski definition) is 0. The van der Waals surface area contributed by atoms with Crippen LogP contribution in [0, 0.1) is 0 Å². The molecule has 0 saturated carbocycles. The molecule has 0 radical (unpaired) electrons. The van der Waals surface area contributed by atoms with Gasteiger partial charge in [0.05, 0.1) is 0 Å². The summed E-state index contributed by atoms with van der Waals surface area (Å²) < 4.78 is 11.7. The van der Waals surface area contributed by atoms with Crippen LogP contribution in [0.3, 0.4) is 0 Å². The summed E-state index contributed by atoms with van der Waals surface area (Å²) in [5.41, 5.74) is 0.946. The van der Waals surface area contributed by atoms with Gasteiger partial charge in [0, 0.05) is 12.1 Å². The molecule has 0 aromatic heterocycles. The average molecular weight is 351 g/mol. The zero-order valence-corrected chi connectivity index (χ0v) is 15.0. The first-order valence-corrected chi connectivity index (χ1v) is 9.48. The van der Waals surface area contributed by atoms with E-state index in [9.17, 15) is 4.79 Å². The summed E-state index contributed by atoms with van der Waals surface area (Å²) in [6.07, 6.45) is 3.79. The Balaban J connectivity index is 1.55. The zero-order chi connectivity index (χ0) is 17.8. The third-order valence-electron chi connectivity index (χ3n) is 5.50. The van der Waals surface area contributed by atoms with Crippen LogP contribution in [0.25, 0.3) is 0 Å². The molecule has 0 aliphatic carbocycles. The van der Waals surface area contributed by atoms with Crippen LogP contribution < -0.4 is 4.74 Å². The minimum Gasteiger partial charge on any atom is -0.491 e. The molecule has 4 rings (SSSR count). The maximum atomic E-state index is 13.3. The molecule has 4 nitrogen and oxygen atoms in total. The van der Waals surface area contributed by atoms with E-state index in [0.29, 0.717) is 13.2 Å². The van der Waals surface area contributed by atoms with Crippen molar-refractivity contribution in [1.29, 1.82) is 0 Å². The number of hydrogen-bond acceptors (Lipinski definition) is 4. The number of nitrogens with zero attached hydrogens (tertiary/aromatic N) is 1. The van der Waals surface area contributed by atoms with Gasteiger partial charge >= 0.3 is 5.97 Å². The van der Waals surface area contributed by atoms with Gasteiger partial charge in [0.2, 0.25) is 0 Å². The number of esters is 1. The standard InChI is InChI=1S/C22H25NO3/c24-21(25-16-15-23-13-7-2-8-14-23)22(18-9-3-1-4-10-18)17-26-20-12-6-5-11-19(20)22/h1,3-6,9-12H,2,7-8,13-17H2. The van der Waals surface area contributed by atoms with Crippen LogP contribution in [-0.2, 0) is 14.9 Å². The summed E-state index contributed by atoms with van der Waals surface area (Å²) in [6.45, 7) is 3.73. The third-order valence-corrected chi connectivity index (χ3v) is 5.50. The summed E-state index contributed by atoms with van der Waals surface area (Å²) in [7, 11) is 0. The molecule has 0 N–H and O–H groups in total. The molecule has 1 fully saturated rings. The van der Waals surface area contributed by atoms with E-state index in [-0.39, 0.29) is 5.97 Å². The molecule has 1 unspecified atom stereocenters. The number of carbonyl (C=O) groups is 1. The fourth-order valence-corrected chi connectivity index (χ4v) is 4.03. The molecule has 2 aromatic carbocycles. The van der Waals surface area contributed by atoms with E-state index in [4.69, 9.17) is 9.47 Å². The number of carbonyl (C=O) groups excluding carboxylic acids is 1. The fourth-order valence-electron chi connectivity index (χ4n) is 4.03. The van der Waals surface area contributed by atoms with E-state index in [2.05, 4.69) is 4.90 Å². The Bertz CT molecular complexity index is 755. The van der Waals surface area contributed by atoms with Crippen LogP contribution >= 0.6 is 0 Å². The van der Waals surface area contributed by atoms with Gasteiger partial charge in [0.25, 0.3) is 0 Å². The van der Waals surface area contributed by atoms with Crippen LogP contribution in [-0.4, -0.2) is 43.7 Å². The van der Waals surface area contributed by atoms with Crippen molar-refractivity contribution in [2.75, 3.05) is 32.8 Å². The summed E-state index contributed by atoms with van der Waals surface area (Å²) in [6, 6.07) is 17.6. The molecular formula is C22H25NO3. The van der Waals surface area contributed by atoms with E-state index in [1.54, 1.807) is 0 Å². The minimum absolute atomic E-state index is 0.217. The Morgan fingerprint density at radius 1 is 1.00 bits per heavy atom. The van der Waals surface area contributed by atoms with Gasteiger partial charge in [-0.15, -0.1) is 0 Å². The summed E-state index contributed by atoms with van der Waals surface area (Å²) >= 11 is 0. The molecule has 1 saturated heterocycles. The molecule has 0 bridgehead atoms. The average Bonchev–Trinajstić information content (AvgIpc) is 3.10. The van der Waals surface area contributed by atoms with E-state index in [0.717, 1.165) is 36.5 Å². The molecule has 2 aliphatic rings. The highest BCUT2D eigenvalue weighted by Gasteiger charge is 2.50. The van der Waals surface area contributed by atoms with Gasteiger partial charge in [-0.05, 0) is 37.6 Å². The maximum absolute atomic E-state index is 13.3. The van der Waals surface area contributed by atoms with E-state index >= 15 is 0 Å². The lowest BCUT2D eigenvalue weighted by molar-refractivity contribution is -0.149. The van der Waals surface area contributed by atoms with Crippen molar-refractivity contribution < 1.29 is 14.3 Å². The number of para-hydroxylation sites is 1. The number of benzene rings is 2. The number of piperidine rings is 1. The Labute approximate surface area is 154 Å². The van der Waals surface area contributed by atoms with Gasteiger partial charge in [-0.2, -0.15) is 0 Å². The van der Waals surface area contributed by atoms with Crippen molar-refractivity contribution in [2.45, 2.75) is 24.7 Å². The predicted molar refractivity (Wildman–Crippen MR) is 100 cm³/mol. The molecule has 2 aliphatic heterocycles. The Hall–Kier alpha value is -2.33. The van der Waals surface area contributed by atoms with E-state index in [1.165, 1.54) is 19.3 Å². The highest BCUT2D eigenvalue weighted by Crippen LogP contribution is 2.44. The number of fused-ring (bicyclic) bond motifs is 1. The highest BCUT2D eigenvalue weighted by molar-refractivity contribution is 5.90. The normalized spacial score (nSPS) is 22.5. The van der Waals surface area contributed by atoms with Crippen LogP contribution in [0.1, 0.15) is 30.4 Å². The van der Waals surface area contributed by atoms with Crippen molar-refractivity contribution in [3.63, 3.8) is 0 Å². The minimum atomic E-state index is -0.875. The number of ether oxygens (including phenoxy) is 2. The lowest BCUT2D eigenvalue weighted by Gasteiger charge is -2.29. The number of likely N-dealkylation sites (tertiary alicyclic amines) is 1. The molecule has 0 spiro atoms. The lowest BCUT2D eigenvalue weighted by atomic mass is 9.76. The zero-order valence-electron chi connectivity index (χ0n) is 15.0. The van der Waals surface area contributed by atoms with Gasteiger partial charge in [-0.25, -0.2) is 0 Å². The van der Waals surface area contributed by atoms with Gasteiger partial charge in [0.15, 0.2) is 5.41 Å². The second-order valence-electron chi connectivity index (χ2n) is 7.09.